The molecular formula is C18H19F3N2O3. The third-order valence-corrected chi connectivity index (χ3v) is 3.87. The zero-order chi connectivity index (χ0) is 19.5. The number of H-pyrrole nitrogens is 1. The number of hydrogen-bond donors (Lipinski definition) is 2. The molecule has 0 saturated heterocycles. The molecule has 0 bridgehead atoms. The summed E-state index contributed by atoms with van der Waals surface area (Å²) in [5.74, 6) is -0.744. The van der Waals surface area contributed by atoms with Crippen LogP contribution < -0.4 is 10.1 Å². The van der Waals surface area contributed by atoms with Gasteiger partial charge < -0.3 is 15.0 Å². The van der Waals surface area contributed by atoms with E-state index < -0.39 is 6.36 Å². The summed E-state index contributed by atoms with van der Waals surface area (Å²) < 4.78 is 40.1. The number of aromatic amines is 1. The van der Waals surface area contributed by atoms with Gasteiger partial charge in [-0.15, -0.1) is 13.2 Å². The molecule has 0 radical (unpaired) electrons. The molecule has 8 heteroatoms. The maximum Gasteiger partial charge on any atom is 0.573 e. The van der Waals surface area contributed by atoms with Gasteiger partial charge in [0.25, 0.3) is 5.91 Å². The molecular weight excluding hydrogens is 349 g/mol. The molecule has 0 unspecified atom stereocenters. The van der Waals surface area contributed by atoms with Crippen LogP contribution in [0.2, 0.25) is 0 Å². The van der Waals surface area contributed by atoms with Crippen LogP contribution in [0.25, 0.3) is 0 Å². The second-order valence-electron chi connectivity index (χ2n) is 5.88. The molecule has 0 aliphatic carbocycles. The fraction of sp³-hybridized carbons (Fsp3) is 0.333. The first-order chi connectivity index (χ1) is 12.1. The second-order valence-corrected chi connectivity index (χ2v) is 5.88. The zero-order valence-corrected chi connectivity index (χ0v) is 14.6. The molecule has 2 N–H and O–H groups in total. The monoisotopic (exact) mass is 368 g/mol. The predicted octanol–water partition coefficient (Wildman–Crippen LogP) is 3.71. The van der Waals surface area contributed by atoms with Crippen molar-refractivity contribution in [2.24, 2.45) is 0 Å². The van der Waals surface area contributed by atoms with Crippen molar-refractivity contribution in [2.75, 3.05) is 6.54 Å². The van der Waals surface area contributed by atoms with Crippen molar-refractivity contribution in [3.8, 4) is 5.75 Å². The second kappa shape index (κ2) is 7.63. The Morgan fingerprint density at radius 1 is 1.15 bits per heavy atom. The number of halogens is 3. The highest BCUT2D eigenvalue weighted by molar-refractivity contribution is 6.02. The Bertz CT molecular complexity index is 808. The van der Waals surface area contributed by atoms with E-state index in [0.29, 0.717) is 35.5 Å². The summed E-state index contributed by atoms with van der Waals surface area (Å²) in [5, 5.41) is 2.73. The number of hydrogen-bond acceptors (Lipinski definition) is 3. The molecule has 26 heavy (non-hydrogen) atoms. The Morgan fingerprint density at radius 2 is 1.77 bits per heavy atom. The van der Waals surface area contributed by atoms with Crippen molar-refractivity contribution < 1.29 is 27.5 Å². The fourth-order valence-electron chi connectivity index (χ4n) is 2.77. The molecule has 0 saturated carbocycles. The fourth-order valence-corrected chi connectivity index (χ4v) is 2.77. The lowest BCUT2D eigenvalue weighted by Crippen LogP contribution is -2.26. The van der Waals surface area contributed by atoms with Crippen LogP contribution in [0.5, 0.6) is 5.75 Å². The van der Waals surface area contributed by atoms with E-state index >= 15 is 0 Å². The van der Waals surface area contributed by atoms with E-state index in [0.717, 1.165) is 5.56 Å². The standard InChI is InChI=1S/C18H19F3N2O3/c1-10-15(12(3)24)11(2)23-16(10)17(25)22-9-8-13-4-6-14(7-5-13)26-18(19,20)21/h4-7,23H,8-9H2,1-3H3,(H,22,25). The topological polar surface area (TPSA) is 71.2 Å². The SMILES string of the molecule is CC(=O)c1c(C)[nH]c(C(=O)NCCc2ccc(OC(F)(F)F)cc2)c1C. The van der Waals surface area contributed by atoms with Gasteiger partial charge in [-0.1, -0.05) is 12.1 Å². The minimum absolute atomic E-state index is 0.114. The number of ether oxygens (including phenoxy) is 1. The number of aryl methyl sites for hydroxylation is 1. The van der Waals surface area contributed by atoms with E-state index in [1.165, 1.54) is 31.2 Å². The van der Waals surface area contributed by atoms with Crippen LogP contribution in [-0.2, 0) is 6.42 Å². The van der Waals surface area contributed by atoms with Crippen LogP contribution >= 0.6 is 0 Å². The molecule has 0 fully saturated rings. The Kier molecular flexibility index (Phi) is 5.74. The summed E-state index contributed by atoms with van der Waals surface area (Å²) in [5.41, 5.74) is 2.84. The van der Waals surface area contributed by atoms with E-state index in [1.807, 2.05) is 0 Å². The van der Waals surface area contributed by atoms with Gasteiger partial charge in [0, 0.05) is 17.8 Å². The van der Waals surface area contributed by atoms with Gasteiger partial charge in [-0.25, -0.2) is 0 Å². The number of carbonyl (C=O) groups is 2. The van der Waals surface area contributed by atoms with Gasteiger partial charge in [-0.05, 0) is 50.5 Å². The van der Waals surface area contributed by atoms with Crippen molar-refractivity contribution >= 4 is 11.7 Å². The van der Waals surface area contributed by atoms with Crippen molar-refractivity contribution in [3.05, 3.63) is 52.3 Å². The molecule has 1 amide bonds. The van der Waals surface area contributed by atoms with Crippen LogP contribution in [0.15, 0.2) is 24.3 Å². The van der Waals surface area contributed by atoms with E-state index in [1.54, 1.807) is 13.8 Å². The molecule has 1 heterocycles. The molecule has 2 aromatic rings. The Hall–Kier alpha value is -2.77. The smallest absolute Gasteiger partial charge is 0.406 e. The first kappa shape index (κ1) is 19.6. The molecule has 1 aromatic heterocycles. The molecule has 0 aliphatic heterocycles. The largest absolute Gasteiger partial charge is 0.573 e. The third kappa shape index (κ3) is 4.87. The highest BCUT2D eigenvalue weighted by Crippen LogP contribution is 2.23. The van der Waals surface area contributed by atoms with Crippen LogP contribution in [0.1, 0.15) is 44.6 Å². The minimum Gasteiger partial charge on any atom is -0.406 e. The number of ketones is 1. The third-order valence-electron chi connectivity index (χ3n) is 3.87. The lowest BCUT2D eigenvalue weighted by Gasteiger charge is -2.09. The highest BCUT2D eigenvalue weighted by Gasteiger charge is 2.30. The summed E-state index contributed by atoms with van der Waals surface area (Å²) in [6, 6.07) is 5.46. The number of Topliss-reactive ketones (excluding diaryl/α,β-unsaturated/α-hetero) is 1. The zero-order valence-electron chi connectivity index (χ0n) is 14.6. The maximum atomic E-state index is 12.3. The number of aromatic nitrogens is 1. The summed E-state index contributed by atoms with van der Waals surface area (Å²) in [6.45, 7) is 5.17. The van der Waals surface area contributed by atoms with Gasteiger partial charge >= 0.3 is 6.36 Å². The Labute approximate surface area is 148 Å². The highest BCUT2D eigenvalue weighted by atomic mass is 19.4. The van der Waals surface area contributed by atoms with Gasteiger partial charge in [0.05, 0.1) is 0 Å². The summed E-state index contributed by atoms with van der Waals surface area (Å²) >= 11 is 0. The average Bonchev–Trinajstić information content (AvgIpc) is 2.82. The lowest BCUT2D eigenvalue weighted by molar-refractivity contribution is -0.274. The molecule has 0 atom stereocenters. The number of rotatable bonds is 6. The number of carbonyl (C=O) groups excluding carboxylic acids is 2. The number of amides is 1. The van der Waals surface area contributed by atoms with Crippen molar-refractivity contribution in [3.63, 3.8) is 0 Å². The normalized spacial score (nSPS) is 11.3. The van der Waals surface area contributed by atoms with Gasteiger partial charge in [0.2, 0.25) is 0 Å². The first-order valence-corrected chi connectivity index (χ1v) is 7.91. The Balaban J connectivity index is 1.93. The molecule has 140 valence electrons. The van der Waals surface area contributed by atoms with Crippen LogP contribution in [0.4, 0.5) is 13.2 Å². The van der Waals surface area contributed by atoms with Gasteiger partial charge in [0.15, 0.2) is 5.78 Å². The molecule has 1 aromatic carbocycles. The lowest BCUT2D eigenvalue weighted by atomic mass is 10.1. The van der Waals surface area contributed by atoms with Gasteiger partial charge in [-0.3, -0.25) is 9.59 Å². The summed E-state index contributed by atoms with van der Waals surface area (Å²) in [6.07, 6.45) is -4.28. The van der Waals surface area contributed by atoms with Crippen molar-refractivity contribution in [1.82, 2.24) is 10.3 Å². The molecule has 5 nitrogen and oxygen atoms in total. The number of benzene rings is 1. The van der Waals surface area contributed by atoms with Crippen molar-refractivity contribution in [2.45, 2.75) is 33.6 Å². The van der Waals surface area contributed by atoms with Gasteiger partial charge in [-0.2, -0.15) is 0 Å². The number of nitrogens with one attached hydrogen (secondary N) is 2. The van der Waals surface area contributed by atoms with E-state index in [9.17, 15) is 22.8 Å². The molecule has 0 aliphatic rings. The van der Waals surface area contributed by atoms with Crippen molar-refractivity contribution in [1.29, 1.82) is 0 Å². The van der Waals surface area contributed by atoms with E-state index in [-0.39, 0.29) is 17.4 Å². The maximum absolute atomic E-state index is 12.3. The molecule has 0 spiro atoms. The van der Waals surface area contributed by atoms with E-state index in [4.69, 9.17) is 0 Å². The van der Waals surface area contributed by atoms with E-state index in [2.05, 4.69) is 15.0 Å². The predicted molar refractivity (Wildman–Crippen MR) is 89.4 cm³/mol. The first-order valence-electron chi connectivity index (χ1n) is 7.91. The minimum atomic E-state index is -4.72. The van der Waals surface area contributed by atoms with Crippen LogP contribution in [0, 0.1) is 13.8 Å². The molecule has 2 rings (SSSR count). The average molecular weight is 368 g/mol. The summed E-state index contributed by atoms with van der Waals surface area (Å²) in [4.78, 5) is 26.8. The summed E-state index contributed by atoms with van der Waals surface area (Å²) in [7, 11) is 0. The quantitative estimate of drug-likeness (QED) is 0.764. The van der Waals surface area contributed by atoms with Crippen LogP contribution in [0.3, 0.4) is 0 Å². The van der Waals surface area contributed by atoms with Crippen LogP contribution in [-0.4, -0.2) is 29.6 Å². The Morgan fingerprint density at radius 3 is 2.27 bits per heavy atom. The number of alkyl halides is 3. The van der Waals surface area contributed by atoms with Gasteiger partial charge in [0.1, 0.15) is 11.4 Å².